The smallest absolute Gasteiger partial charge is 0.403 e. The summed E-state index contributed by atoms with van der Waals surface area (Å²) in [7, 11) is -8.29. The maximum Gasteiger partial charge on any atom is 0.530 e. The third-order valence-corrected chi connectivity index (χ3v) is 11.5. The van der Waals surface area contributed by atoms with Gasteiger partial charge in [0.15, 0.2) is 0 Å². The van der Waals surface area contributed by atoms with Crippen molar-refractivity contribution in [1.29, 1.82) is 0 Å². The van der Waals surface area contributed by atoms with E-state index in [2.05, 4.69) is 13.5 Å². The fourth-order valence-electron chi connectivity index (χ4n) is 6.16. The fourth-order valence-corrected chi connectivity index (χ4v) is 8.98. The summed E-state index contributed by atoms with van der Waals surface area (Å²) in [5, 5.41) is 0. The van der Waals surface area contributed by atoms with Crippen LogP contribution in [0.2, 0.25) is 0 Å². The molecular weight excluding hydrogens is 658 g/mol. The lowest BCUT2D eigenvalue weighted by Gasteiger charge is -2.31. The van der Waals surface area contributed by atoms with Crippen molar-refractivity contribution in [1.82, 2.24) is 0 Å². The average Bonchev–Trinajstić information content (AvgIpc) is 3.09. The number of phosphoric ester groups is 2. The highest BCUT2D eigenvalue weighted by Crippen LogP contribution is 2.62. The molecule has 6 rings (SSSR count). The topological polar surface area (TPSA) is 89.5 Å². The summed E-state index contributed by atoms with van der Waals surface area (Å²) < 4.78 is 65.3. The van der Waals surface area contributed by atoms with Gasteiger partial charge in [0, 0.05) is 12.8 Å². The van der Waals surface area contributed by atoms with Crippen LogP contribution in [-0.2, 0) is 33.6 Å². The largest absolute Gasteiger partial charge is 0.530 e. The van der Waals surface area contributed by atoms with E-state index in [4.69, 9.17) is 27.1 Å². The van der Waals surface area contributed by atoms with Crippen LogP contribution in [0.4, 0.5) is 0 Å². The van der Waals surface area contributed by atoms with Gasteiger partial charge in [-0.15, -0.1) is 0 Å². The Morgan fingerprint density at radius 2 is 1.31 bits per heavy atom. The van der Waals surface area contributed by atoms with Crippen LogP contribution in [0, 0.1) is 6.92 Å². The maximum atomic E-state index is 14.4. The van der Waals surface area contributed by atoms with Crippen LogP contribution in [0.25, 0.3) is 16.7 Å². The Balaban J connectivity index is 1.47. The first kappa shape index (κ1) is 35.3. The standard InChI is InChI=1S/C39H44O8P2/c1-5-6-9-14-30-26-37(46-48(40)42-23-21-35(44-48)31-15-10-7-11-16-31)39(34-25-29(4)19-20-33(34)28(2)3)38(27-30)47-49(41)43-24-22-36(45-49)32-17-12-8-13-18-32/h7-8,10-13,15-20,25-27,35-36H,2,5-6,9,14,21-24H2,1,3-4H3. The van der Waals surface area contributed by atoms with Gasteiger partial charge in [-0.1, -0.05) is 116 Å². The fraction of sp³-hybridized carbons (Fsp3) is 0.333. The van der Waals surface area contributed by atoms with Crippen LogP contribution in [0.3, 0.4) is 0 Å². The van der Waals surface area contributed by atoms with Crippen molar-refractivity contribution in [2.24, 2.45) is 0 Å². The van der Waals surface area contributed by atoms with Crippen LogP contribution in [0.1, 0.15) is 86.0 Å². The lowest BCUT2D eigenvalue weighted by molar-refractivity contribution is 0.0508. The van der Waals surface area contributed by atoms with Gasteiger partial charge in [0.05, 0.1) is 31.0 Å². The molecule has 0 N–H and O–H groups in total. The number of hydrogen-bond acceptors (Lipinski definition) is 8. The Morgan fingerprint density at radius 3 is 1.80 bits per heavy atom. The van der Waals surface area contributed by atoms with Crippen LogP contribution >= 0.6 is 15.6 Å². The van der Waals surface area contributed by atoms with Crippen molar-refractivity contribution in [2.45, 2.75) is 71.5 Å². The molecule has 4 unspecified atom stereocenters. The zero-order chi connectivity index (χ0) is 34.4. The molecule has 8 nitrogen and oxygen atoms in total. The lowest BCUT2D eigenvalue weighted by atomic mass is 9.91. The van der Waals surface area contributed by atoms with E-state index in [-0.39, 0.29) is 24.7 Å². The van der Waals surface area contributed by atoms with E-state index in [1.807, 2.05) is 105 Å². The second kappa shape index (κ2) is 15.6. The Kier molecular flexibility index (Phi) is 11.3. The molecule has 2 saturated heterocycles. The quantitative estimate of drug-likeness (QED) is 0.106. The van der Waals surface area contributed by atoms with Crippen LogP contribution in [0.5, 0.6) is 11.5 Å². The highest BCUT2D eigenvalue weighted by Gasteiger charge is 2.41. The molecule has 4 aromatic rings. The van der Waals surface area contributed by atoms with E-state index in [9.17, 15) is 9.13 Å². The van der Waals surface area contributed by atoms with Crippen molar-refractivity contribution in [3.63, 3.8) is 0 Å². The van der Waals surface area contributed by atoms with Crippen molar-refractivity contribution >= 4 is 21.2 Å². The highest BCUT2D eigenvalue weighted by molar-refractivity contribution is 7.49. The first-order valence-corrected chi connectivity index (χ1v) is 19.9. The van der Waals surface area contributed by atoms with Gasteiger partial charge in [-0.2, -0.15) is 0 Å². The first-order valence-electron chi connectivity index (χ1n) is 16.9. The zero-order valence-corrected chi connectivity index (χ0v) is 30.1. The predicted octanol–water partition coefficient (Wildman–Crippen LogP) is 11.8. The summed E-state index contributed by atoms with van der Waals surface area (Å²) in [6.07, 6.45) is 3.71. The molecule has 4 atom stereocenters. The summed E-state index contributed by atoms with van der Waals surface area (Å²) in [5.74, 6) is 0.440. The van der Waals surface area contributed by atoms with Crippen LogP contribution in [0.15, 0.2) is 97.6 Å². The minimum atomic E-state index is -4.15. The molecule has 2 heterocycles. The molecule has 2 fully saturated rings. The summed E-state index contributed by atoms with van der Waals surface area (Å²) >= 11 is 0. The van der Waals surface area contributed by atoms with E-state index < -0.39 is 27.9 Å². The molecule has 258 valence electrons. The molecule has 0 aromatic heterocycles. The molecule has 0 spiro atoms. The summed E-state index contributed by atoms with van der Waals surface area (Å²) in [6.45, 7) is 10.6. The Morgan fingerprint density at radius 1 is 0.776 bits per heavy atom. The number of benzene rings is 4. The third kappa shape index (κ3) is 8.64. The highest BCUT2D eigenvalue weighted by atomic mass is 31.2. The van der Waals surface area contributed by atoms with Crippen LogP contribution < -0.4 is 9.05 Å². The number of rotatable bonds is 12. The molecule has 0 saturated carbocycles. The third-order valence-electron chi connectivity index (χ3n) is 8.63. The zero-order valence-electron chi connectivity index (χ0n) is 28.3. The van der Waals surface area contributed by atoms with Gasteiger partial charge in [0.1, 0.15) is 11.5 Å². The molecular formula is C39H44O8P2. The van der Waals surface area contributed by atoms with E-state index >= 15 is 0 Å². The number of hydrogen-bond donors (Lipinski definition) is 0. The van der Waals surface area contributed by atoms with Gasteiger partial charge < -0.3 is 9.05 Å². The SMILES string of the molecule is C=C(C)c1ccc(C)cc1-c1c(OP2(=O)OCCC(c3ccccc3)O2)cc(CCCCC)cc1OP1(=O)OCCC(c2ccccc2)O1. The summed E-state index contributed by atoms with van der Waals surface area (Å²) in [4.78, 5) is 0. The van der Waals surface area contributed by atoms with E-state index in [0.29, 0.717) is 30.4 Å². The lowest BCUT2D eigenvalue weighted by Crippen LogP contribution is -2.17. The molecule has 0 aliphatic carbocycles. The molecule has 0 bridgehead atoms. The summed E-state index contributed by atoms with van der Waals surface area (Å²) in [5.41, 5.74) is 6.31. The van der Waals surface area contributed by atoms with Crippen molar-refractivity contribution in [2.75, 3.05) is 13.2 Å². The molecule has 0 radical (unpaired) electrons. The van der Waals surface area contributed by atoms with E-state index in [1.165, 1.54) is 0 Å². The van der Waals surface area contributed by atoms with Gasteiger partial charge >= 0.3 is 15.6 Å². The van der Waals surface area contributed by atoms with Gasteiger partial charge in [0.25, 0.3) is 0 Å². The molecule has 4 aromatic carbocycles. The Hall–Kier alpha value is -3.48. The van der Waals surface area contributed by atoms with Gasteiger partial charge in [-0.3, -0.25) is 18.1 Å². The minimum absolute atomic E-state index is 0.185. The molecule has 2 aliphatic heterocycles. The molecule has 0 amide bonds. The molecule has 49 heavy (non-hydrogen) atoms. The van der Waals surface area contributed by atoms with E-state index in [1.54, 1.807) is 0 Å². The van der Waals surface area contributed by atoms with Gasteiger partial charge in [-0.25, -0.2) is 9.13 Å². The Bertz CT molecular complexity index is 1760. The molecule has 10 heteroatoms. The average molecular weight is 703 g/mol. The van der Waals surface area contributed by atoms with Gasteiger partial charge in [-0.05, 0) is 66.6 Å². The predicted molar refractivity (Wildman–Crippen MR) is 193 cm³/mol. The van der Waals surface area contributed by atoms with Crippen molar-refractivity contribution in [3.8, 4) is 22.6 Å². The number of aryl methyl sites for hydroxylation is 2. The second-order valence-electron chi connectivity index (χ2n) is 12.6. The number of phosphoric acid groups is 2. The maximum absolute atomic E-state index is 14.4. The Labute approximate surface area is 289 Å². The minimum Gasteiger partial charge on any atom is -0.403 e. The van der Waals surface area contributed by atoms with Crippen LogP contribution in [-0.4, -0.2) is 13.2 Å². The first-order chi connectivity index (χ1) is 23.7. The van der Waals surface area contributed by atoms with Gasteiger partial charge in [0.2, 0.25) is 0 Å². The second-order valence-corrected chi connectivity index (χ2v) is 15.7. The van der Waals surface area contributed by atoms with Crippen molar-refractivity contribution < 1.29 is 36.3 Å². The number of unbranched alkanes of at least 4 members (excludes halogenated alkanes) is 2. The molecule has 2 aliphatic rings. The summed E-state index contributed by atoms with van der Waals surface area (Å²) in [6, 6.07) is 28.9. The monoisotopic (exact) mass is 702 g/mol. The van der Waals surface area contributed by atoms with E-state index in [0.717, 1.165) is 52.7 Å². The van der Waals surface area contributed by atoms with Crippen molar-refractivity contribution in [3.05, 3.63) is 125 Å². The number of allylic oxidation sites excluding steroid dienone is 1. The normalized spacial score (nSPS) is 23.9.